The van der Waals surface area contributed by atoms with Crippen LogP contribution in [0.5, 0.6) is 0 Å². The monoisotopic (exact) mass is 281 g/mol. The molecule has 0 aliphatic heterocycles. The Hall–Kier alpha value is -1.13. The Kier molecular flexibility index (Phi) is 5.38. The van der Waals surface area contributed by atoms with Crippen LogP contribution in [0.15, 0.2) is 18.2 Å². The minimum Gasteiger partial charge on any atom is -0.395 e. The molecule has 1 aromatic carbocycles. The first kappa shape index (κ1) is 15.3. The van der Waals surface area contributed by atoms with Crippen LogP contribution in [0.4, 0.5) is 10.1 Å². The van der Waals surface area contributed by atoms with E-state index >= 15 is 0 Å². The summed E-state index contributed by atoms with van der Waals surface area (Å²) in [7, 11) is 0. The third kappa shape index (κ3) is 3.49. The van der Waals surface area contributed by atoms with Crippen LogP contribution in [0.3, 0.4) is 0 Å². The van der Waals surface area contributed by atoms with Gasteiger partial charge in [0.25, 0.3) is 0 Å². The molecule has 1 atom stereocenters. The molecule has 20 heavy (non-hydrogen) atoms. The maximum absolute atomic E-state index is 13.4. The predicted octanol–water partition coefficient (Wildman–Crippen LogP) is 3.01. The number of hydrogen-bond acceptors (Lipinski definition) is 3. The molecule has 2 rings (SSSR count). The summed E-state index contributed by atoms with van der Waals surface area (Å²) in [5.74, 6) is -0.336. The normalized spacial score (nSPS) is 18.0. The summed E-state index contributed by atoms with van der Waals surface area (Å²) in [5, 5.41) is 19.2. The van der Waals surface area contributed by atoms with Gasteiger partial charge < -0.3 is 15.1 Å². The lowest BCUT2D eigenvalue weighted by Gasteiger charge is -2.37. The summed E-state index contributed by atoms with van der Waals surface area (Å²) in [6.07, 6.45) is 5.12. The van der Waals surface area contributed by atoms with Crippen LogP contribution in [0.25, 0.3) is 0 Å². The van der Waals surface area contributed by atoms with Crippen LogP contribution >= 0.6 is 0 Å². The molecule has 0 aromatic heterocycles. The molecule has 1 aromatic rings. The van der Waals surface area contributed by atoms with E-state index in [1.165, 1.54) is 31.4 Å². The van der Waals surface area contributed by atoms with E-state index in [4.69, 9.17) is 0 Å². The first-order valence-corrected chi connectivity index (χ1v) is 7.48. The smallest absolute Gasteiger partial charge is 0.123 e. The van der Waals surface area contributed by atoms with Crippen molar-refractivity contribution in [3.63, 3.8) is 0 Å². The molecule has 0 spiro atoms. The van der Waals surface area contributed by atoms with Crippen molar-refractivity contribution >= 4 is 5.69 Å². The summed E-state index contributed by atoms with van der Waals surface area (Å²) < 4.78 is 13.4. The number of aliphatic hydroxyl groups is 2. The molecule has 0 amide bonds. The van der Waals surface area contributed by atoms with E-state index in [2.05, 4.69) is 4.90 Å². The summed E-state index contributed by atoms with van der Waals surface area (Å²) in [4.78, 5) is 2.14. The lowest BCUT2D eigenvalue weighted by molar-refractivity contribution is 0.198. The van der Waals surface area contributed by atoms with Gasteiger partial charge in [-0.25, -0.2) is 4.39 Å². The molecule has 4 heteroatoms. The minimum absolute atomic E-state index is 0.0626. The highest BCUT2D eigenvalue weighted by Gasteiger charge is 2.24. The molecule has 0 bridgehead atoms. The second-order valence-corrected chi connectivity index (χ2v) is 5.59. The van der Waals surface area contributed by atoms with Crippen molar-refractivity contribution in [2.45, 2.75) is 51.2 Å². The molecule has 1 aliphatic carbocycles. The van der Waals surface area contributed by atoms with Gasteiger partial charge in [0.15, 0.2) is 0 Å². The Labute approximate surface area is 120 Å². The highest BCUT2D eigenvalue weighted by atomic mass is 19.1. The maximum Gasteiger partial charge on any atom is 0.123 e. The molecule has 1 fully saturated rings. The Morgan fingerprint density at radius 3 is 2.60 bits per heavy atom. The maximum atomic E-state index is 13.4. The van der Waals surface area contributed by atoms with Crippen molar-refractivity contribution in [1.29, 1.82) is 0 Å². The first-order valence-electron chi connectivity index (χ1n) is 7.48. The molecule has 0 radical (unpaired) electrons. The van der Waals surface area contributed by atoms with Gasteiger partial charge in [0.05, 0.1) is 12.7 Å². The Morgan fingerprint density at radius 2 is 2.00 bits per heavy atom. The molecule has 1 saturated carbocycles. The summed E-state index contributed by atoms with van der Waals surface area (Å²) >= 11 is 0. The van der Waals surface area contributed by atoms with Gasteiger partial charge in [-0.2, -0.15) is 0 Å². The summed E-state index contributed by atoms with van der Waals surface area (Å²) in [5.41, 5.74) is 1.45. The van der Waals surface area contributed by atoms with Crippen molar-refractivity contribution in [3.8, 4) is 0 Å². The van der Waals surface area contributed by atoms with Gasteiger partial charge in [-0.3, -0.25) is 0 Å². The van der Waals surface area contributed by atoms with E-state index in [1.54, 1.807) is 13.0 Å². The Balaban J connectivity index is 2.32. The van der Waals surface area contributed by atoms with Crippen LogP contribution in [-0.4, -0.2) is 29.4 Å². The molecule has 112 valence electrons. The Bertz CT molecular complexity index is 430. The Morgan fingerprint density at radius 1 is 1.30 bits per heavy atom. The number of anilines is 1. The predicted molar refractivity (Wildman–Crippen MR) is 78.3 cm³/mol. The van der Waals surface area contributed by atoms with Crippen LogP contribution in [0.2, 0.25) is 0 Å². The standard InChI is InChI=1S/C16H24FNO2/c1-12(20)15-11-13(17)7-8-16(15)18(9-10-19)14-5-3-2-4-6-14/h7-8,11-12,14,19-20H,2-6,9-10H2,1H3/t12-/m1/s1. The van der Waals surface area contributed by atoms with Gasteiger partial charge in [0.2, 0.25) is 0 Å². The van der Waals surface area contributed by atoms with E-state index in [9.17, 15) is 14.6 Å². The fraction of sp³-hybridized carbons (Fsp3) is 0.625. The molecule has 3 nitrogen and oxygen atoms in total. The second-order valence-electron chi connectivity index (χ2n) is 5.59. The third-order valence-electron chi connectivity index (χ3n) is 4.11. The topological polar surface area (TPSA) is 43.7 Å². The molecule has 2 N–H and O–H groups in total. The largest absolute Gasteiger partial charge is 0.395 e. The van der Waals surface area contributed by atoms with Gasteiger partial charge >= 0.3 is 0 Å². The zero-order valence-corrected chi connectivity index (χ0v) is 12.1. The number of nitrogens with zero attached hydrogens (tertiary/aromatic N) is 1. The second kappa shape index (κ2) is 7.04. The summed E-state index contributed by atoms with van der Waals surface area (Å²) in [6, 6.07) is 4.92. The number of aliphatic hydroxyl groups excluding tert-OH is 2. The van der Waals surface area contributed by atoms with E-state index in [-0.39, 0.29) is 12.4 Å². The van der Waals surface area contributed by atoms with Crippen LogP contribution in [0, 0.1) is 5.82 Å². The van der Waals surface area contributed by atoms with Gasteiger partial charge in [0.1, 0.15) is 5.82 Å². The fourth-order valence-corrected chi connectivity index (χ4v) is 3.12. The highest BCUT2D eigenvalue weighted by molar-refractivity contribution is 5.55. The van der Waals surface area contributed by atoms with Gasteiger partial charge in [0, 0.05) is 23.8 Å². The van der Waals surface area contributed by atoms with Crippen molar-refractivity contribution in [2.75, 3.05) is 18.1 Å². The zero-order valence-electron chi connectivity index (χ0n) is 12.1. The number of rotatable bonds is 5. The number of benzene rings is 1. The van der Waals surface area contributed by atoms with Gasteiger partial charge in [-0.1, -0.05) is 19.3 Å². The molecule has 1 aliphatic rings. The van der Waals surface area contributed by atoms with Crippen LogP contribution in [0.1, 0.15) is 50.7 Å². The molecule has 0 heterocycles. The van der Waals surface area contributed by atoms with Crippen molar-refractivity contribution in [3.05, 3.63) is 29.6 Å². The van der Waals surface area contributed by atoms with Crippen LogP contribution < -0.4 is 4.90 Å². The lowest BCUT2D eigenvalue weighted by Crippen LogP contribution is -2.39. The van der Waals surface area contributed by atoms with Crippen LogP contribution in [-0.2, 0) is 0 Å². The van der Waals surface area contributed by atoms with Crippen molar-refractivity contribution in [1.82, 2.24) is 0 Å². The average Bonchev–Trinajstić information content (AvgIpc) is 2.46. The molecular weight excluding hydrogens is 257 g/mol. The van der Waals surface area contributed by atoms with E-state index in [1.807, 2.05) is 0 Å². The third-order valence-corrected chi connectivity index (χ3v) is 4.11. The highest BCUT2D eigenvalue weighted by Crippen LogP contribution is 2.32. The number of halogens is 1. The van der Waals surface area contributed by atoms with Crippen molar-refractivity contribution < 1.29 is 14.6 Å². The first-order chi connectivity index (χ1) is 9.63. The minimum atomic E-state index is -0.717. The molecular formula is C16H24FNO2. The van der Waals surface area contributed by atoms with Gasteiger partial charge in [-0.15, -0.1) is 0 Å². The average molecular weight is 281 g/mol. The molecule has 0 saturated heterocycles. The fourth-order valence-electron chi connectivity index (χ4n) is 3.12. The SMILES string of the molecule is C[C@@H](O)c1cc(F)ccc1N(CCO)C1CCCCC1. The summed E-state index contributed by atoms with van der Waals surface area (Å²) in [6.45, 7) is 2.24. The number of hydrogen-bond donors (Lipinski definition) is 2. The zero-order chi connectivity index (χ0) is 14.5. The van der Waals surface area contributed by atoms with E-state index < -0.39 is 6.10 Å². The van der Waals surface area contributed by atoms with Gasteiger partial charge in [-0.05, 0) is 38.0 Å². The molecule has 0 unspecified atom stereocenters. The van der Waals surface area contributed by atoms with E-state index in [0.29, 0.717) is 18.2 Å². The van der Waals surface area contributed by atoms with E-state index in [0.717, 1.165) is 18.5 Å². The quantitative estimate of drug-likeness (QED) is 0.872. The lowest BCUT2D eigenvalue weighted by atomic mass is 9.93. The van der Waals surface area contributed by atoms with Crippen molar-refractivity contribution in [2.24, 2.45) is 0 Å².